The highest BCUT2D eigenvalue weighted by Crippen LogP contribution is 2.31. The van der Waals surface area contributed by atoms with E-state index in [1.54, 1.807) is 45.0 Å². The van der Waals surface area contributed by atoms with Crippen molar-refractivity contribution < 1.29 is 37.3 Å². The maximum atomic E-state index is 12.6. The standard InChI is InChI=1S/C22H21F3N2O5/c1-21(2,3)32-20(30)26-12-13-5-4-6-15(9-13)27-17-11-16(31-22(23,24)25)8-7-14(17)10-18(27)19(28)29/h4-11H,12H2,1-3H3,(H,26,30)(H,28,29). The van der Waals surface area contributed by atoms with Crippen LogP contribution in [0.3, 0.4) is 0 Å². The van der Waals surface area contributed by atoms with E-state index < -0.39 is 29.8 Å². The summed E-state index contributed by atoms with van der Waals surface area (Å²) in [7, 11) is 0. The minimum absolute atomic E-state index is 0.104. The highest BCUT2D eigenvalue weighted by molar-refractivity contribution is 5.96. The molecule has 0 atom stereocenters. The molecular weight excluding hydrogens is 429 g/mol. The predicted molar refractivity (Wildman–Crippen MR) is 110 cm³/mol. The van der Waals surface area contributed by atoms with Crippen LogP contribution < -0.4 is 10.1 Å². The fourth-order valence-electron chi connectivity index (χ4n) is 3.11. The van der Waals surface area contributed by atoms with Gasteiger partial charge in [0.05, 0.1) is 5.52 Å². The number of amides is 1. The lowest BCUT2D eigenvalue weighted by atomic mass is 10.2. The summed E-state index contributed by atoms with van der Waals surface area (Å²) in [6, 6.07) is 11.6. The molecule has 1 heterocycles. The summed E-state index contributed by atoms with van der Waals surface area (Å²) >= 11 is 0. The van der Waals surface area contributed by atoms with Crippen LogP contribution in [0, 0.1) is 0 Å². The van der Waals surface area contributed by atoms with Gasteiger partial charge in [-0.3, -0.25) is 0 Å². The number of alkyl halides is 3. The second kappa shape index (κ2) is 8.45. The van der Waals surface area contributed by atoms with Crippen molar-refractivity contribution in [1.29, 1.82) is 0 Å². The summed E-state index contributed by atoms with van der Waals surface area (Å²) in [5, 5.41) is 12.7. The van der Waals surface area contributed by atoms with Gasteiger partial charge in [0.25, 0.3) is 0 Å². The van der Waals surface area contributed by atoms with E-state index >= 15 is 0 Å². The molecule has 0 aliphatic rings. The third-order valence-electron chi connectivity index (χ3n) is 4.23. The molecule has 0 fully saturated rings. The minimum atomic E-state index is -4.88. The fraction of sp³-hybridized carbons (Fsp3) is 0.273. The van der Waals surface area contributed by atoms with E-state index in [0.717, 1.165) is 12.1 Å². The lowest BCUT2D eigenvalue weighted by Gasteiger charge is -2.19. The summed E-state index contributed by atoms with van der Waals surface area (Å²) in [6.07, 6.45) is -5.50. The Labute approximate surface area is 181 Å². The predicted octanol–water partition coefficient (Wildman–Crippen LogP) is 5.25. The number of carbonyl (C=O) groups excluding carboxylic acids is 1. The number of alkyl carbamates (subject to hydrolysis) is 1. The van der Waals surface area contributed by atoms with E-state index in [2.05, 4.69) is 10.1 Å². The van der Waals surface area contributed by atoms with Crippen LogP contribution in [0.5, 0.6) is 5.75 Å². The van der Waals surface area contributed by atoms with Crippen molar-refractivity contribution in [2.75, 3.05) is 0 Å². The molecule has 0 spiro atoms. The molecule has 0 bridgehead atoms. The number of aromatic nitrogens is 1. The average Bonchev–Trinajstić information content (AvgIpc) is 3.03. The van der Waals surface area contributed by atoms with Crippen molar-refractivity contribution in [3.05, 3.63) is 59.8 Å². The highest BCUT2D eigenvalue weighted by atomic mass is 19.4. The Kier molecular flexibility index (Phi) is 6.07. The molecule has 0 radical (unpaired) electrons. The summed E-state index contributed by atoms with van der Waals surface area (Å²) in [5.74, 6) is -1.72. The number of nitrogens with one attached hydrogen (secondary N) is 1. The molecule has 170 valence electrons. The normalized spacial score (nSPS) is 11.9. The highest BCUT2D eigenvalue weighted by Gasteiger charge is 2.31. The molecule has 0 aliphatic heterocycles. The number of nitrogens with zero attached hydrogens (tertiary/aromatic N) is 1. The van der Waals surface area contributed by atoms with Crippen LogP contribution in [0.2, 0.25) is 0 Å². The smallest absolute Gasteiger partial charge is 0.477 e. The number of hydrogen-bond donors (Lipinski definition) is 2. The van der Waals surface area contributed by atoms with Crippen LogP contribution in [0.25, 0.3) is 16.6 Å². The first-order valence-corrected chi connectivity index (χ1v) is 9.53. The number of carbonyl (C=O) groups is 2. The maximum absolute atomic E-state index is 12.6. The summed E-state index contributed by atoms with van der Waals surface area (Å²) in [5.41, 5.74) is 0.449. The number of carboxylic acids is 1. The third kappa shape index (κ3) is 5.71. The van der Waals surface area contributed by atoms with Crippen LogP contribution >= 0.6 is 0 Å². The number of ether oxygens (including phenoxy) is 2. The summed E-state index contributed by atoms with van der Waals surface area (Å²) in [4.78, 5) is 23.7. The van der Waals surface area contributed by atoms with Gasteiger partial charge in [-0.15, -0.1) is 13.2 Å². The van der Waals surface area contributed by atoms with Gasteiger partial charge in [-0.1, -0.05) is 12.1 Å². The van der Waals surface area contributed by atoms with E-state index in [1.807, 2.05) is 0 Å². The molecule has 0 saturated carbocycles. The second-order valence-corrected chi connectivity index (χ2v) is 7.96. The molecule has 1 amide bonds. The van der Waals surface area contributed by atoms with Gasteiger partial charge >= 0.3 is 18.4 Å². The SMILES string of the molecule is CC(C)(C)OC(=O)NCc1cccc(-n2c(C(=O)O)cc3ccc(OC(F)(F)F)cc32)c1. The van der Waals surface area contributed by atoms with E-state index in [0.29, 0.717) is 16.6 Å². The topological polar surface area (TPSA) is 89.8 Å². The van der Waals surface area contributed by atoms with E-state index in [4.69, 9.17) is 4.74 Å². The van der Waals surface area contributed by atoms with Crippen LogP contribution in [0.1, 0.15) is 36.8 Å². The molecule has 10 heteroatoms. The lowest BCUT2D eigenvalue weighted by Crippen LogP contribution is -2.32. The van der Waals surface area contributed by atoms with Gasteiger partial charge in [0.2, 0.25) is 0 Å². The van der Waals surface area contributed by atoms with E-state index in [9.17, 15) is 27.9 Å². The summed E-state index contributed by atoms with van der Waals surface area (Å²) in [6.45, 7) is 5.30. The Morgan fingerprint density at radius 2 is 1.78 bits per heavy atom. The number of hydrogen-bond acceptors (Lipinski definition) is 4. The van der Waals surface area contributed by atoms with Gasteiger partial charge in [0.1, 0.15) is 17.0 Å². The number of fused-ring (bicyclic) bond motifs is 1. The Balaban J connectivity index is 1.98. The van der Waals surface area contributed by atoms with E-state index in [-0.39, 0.29) is 17.8 Å². The number of rotatable bonds is 5. The minimum Gasteiger partial charge on any atom is -0.477 e. The quantitative estimate of drug-likeness (QED) is 0.554. The van der Waals surface area contributed by atoms with Gasteiger partial charge in [0, 0.05) is 23.7 Å². The third-order valence-corrected chi connectivity index (χ3v) is 4.23. The van der Waals surface area contributed by atoms with E-state index in [1.165, 1.54) is 16.7 Å². The van der Waals surface area contributed by atoms with Crippen molar-refractivity contribution >= 4 is 23.0 Å². The molecular formula is C22H21F3N2O5. The van der Waals surface area contributed by atoms with Crippen molar-refractivity contribution in [2.24, 2.45) is 0 Å². The molecule has 0 aliphatic carbocycles. The molecule has 32 heavy (non-hydrogen) atoms. The molecule has 0 saturated heterocycles. The molecule has 3 rings (SSSR count). The Morgan fingerprint density at radius 3 is 2.41 bits per heavy atom. The molecule has 2 N–H and O–H groups in total. The first-order chi connectivity index (χ1) is 14.8. The zero-order valence-electron chi connectivity index (χ0n) is 17.5. The number of aromatic carboxylic acids is 1. The molecule has 2 aromatic carbocycles. The van der Waals surface area contributed by atoms with Crippen LogP contribution in [0.15, 0.2) is 48.5 Å². The molecule has 3 aromatic rings. The monoisotopic (exact) mass is 450 g/mol. The number of halogens is 3. The van der Waals surface area contributed by atoms with Gasteiger partial charge in [-0.25, -0.2) is 9.59 Å². The van der Waals surface area contributed by atoms with Gasteiger partial charge in [0.15, 0.2) is 0 Å². The maximum Gasteiger partial charge on any atom is 0.573 e. The van der Waals surface area contributed by atoms with Crippen molar-refractivity contribution in [1.82, 2.24) is 9.88 Å². The van der Waals surface area contributed by atoms with Crippen LogP contribution in [0.4, 0.5) is 18.0 Å². The number of benzene rings is 2. The first kappa shape index (κ1) is 23.0. The Hall–Kier alpha value is -3.69. The van der Waals surface area contributed by atoms with Crippen molar-refractivity contribution in [2.45, 2.75) is 39.3 Å². The van der Waals surface area contributed by atoms with Crippen molar-refractivity contribution in [3.8, 4) is 11.4 Å². The fourth-order valence-corrected chi connectivity index (χ4v) is 3.11. The number of carboxylic acid groups (broad SMARTS) is 1. The second-order valence-electron chi connectivity index (χ2n) is 7.96. The zero-order chi connectivity index (χ0) is 23.7. The largest absolute Gasteiger partial charge is 0.573 e. The van der Waals surface area contributed by atoms with Crippen molar-refractivity contribution in [3.63, 3.8) is 0 Å². The average molecular weight is 450 g/mol. The van der Waals surface area contributed by atoms with Crippen LogP contribution in [-0.4, -0.2) is 33.7 Å². The van der Waals surface area contributed by atoms with Gasteiger partial charge in [-0.2, -0.15) is 0 Å². The summed E-state index contributed by atoms with van der Waals surface area (Å²) < 4.78 is 48.4. The molecule has 0 unspecified atom stereocenters. The van der Waals surface area contributed by atoms with Gasteiger partial charge in [-0.05, 0) is 56.7 Å². The lowest BCUT2D eigenvalue weighted by molar-refractivity contribution is -0.274. The van der Waals surface area contributed by atoms with Crippen LogP contribution in [-0.2, 0) is 11.3 Å². The molecule has 1 aromatic heterocycles. The first-order valence-electron chi connectivity index (χ1n) is 9.53. The Morgan fingerprint density at radius 1 is 1.06 bits per heavy atom. The molecule has 7 nitrogen and oxygen atoms in total. The Bertz CT molecular complexity index is 1160. The van der Waals surface area contributed by atoms with Gasteiger partial charge < -0.3 is 24.5 Å². The zero-order valence-corrected chi connectivity index (χ0v) is 17.5.